The molecule has 168 valence electrons. The van der Waals surface area contributed by atoms with Crippen LogP contribution in [0.2, 0.25) is 0 Å². The van der Waals surface area contributed by atoms with Crippen LogP contribution in [0.15, 0.2) is 44.8 Å². The Morgan fingerprint density at radius 1 is 1.12 bits per heavy atom. The molecular formula is C21H19FN2O6S2. The van der Waals surface area contributed by atoms with Gasteiger partial charge in [0.1, 0.15) is 22.7 Å². The molecule has 0 unspecified atom stereocenters. The monoisotopic (exact) mass is 478 g/mol. The highest BCUT2D eigenvalue weighted by atomic mass is 32.2. The van der Waals surface area contributed by atoms with Crippen molar-refractivity contribution >= 4 is 43.2 Å². The van der Waals surface area contributed by atoms with Crippen molar-refractivity contribution in [2.24, 2.45) is 0 Å². The molecule has 0 N–H and O–H groups in total. The number of hydrogen-bond acceptors (Lipinski definition) is 8. The number of nitrogens with zero attached hydrogens (tertiary/aromatic N) is 2. The Labute approximate surface area is 187 Å². The number of hydrogen-bond donors (Lipinski definition) is 0. The van der Waals surface area contributed by atoms with Crippen molar-refractivity contribution < 1.29 is 26.7 Å². The van der Waals surface area contributed by atoms with E-state index in [0.29, 0.717) is 42.5 Å². The minimum atomic E-state index is -3.93. The van der Waals surface area contributed by atoms with Crippen LogP contribution in [0.1, 0.15) is 0 Å². The summed E-state index contributed by atoms with van der Waals surface area (Å²) in [4.78, 5) is 14.6. The van der Waals surface area contributed by atoms with Gasteiger partial charge in [-0.2, -0.15) is 0 Å². The van der Waals surface area contributed by atoms with Crippen molar-refractivity contribution in [1.82, 2.24) is 0 Å². The summed E-state index contributed by atoms with van der Waals surface area (Å²) in [6, 6.07) is 4.45. The van der Waals surface area contributed by atoms with Crippen LogP contribution in [0.5, 0.6) is 5.75 Å². The van der Waals surface area contributed by atoms with E-state index in [1.165, 1.54) is 18.2 Å². The number of thiophene rings is 1. The summed E-state index contributed by atoms with van der Waals surface area (Å²) in [7, 11) is -3.93. The number of morpholine rings is 1. The number of benzene rings is 1. The van der Waals surface area contributed by atoms with Gasteiger partial charge in [0.15, 0.2) is 17.3 Å². The maximum atomic E-state index is 15.8. The predicted molar refractivity (Wildman–Crippen MR) is 121 cm³/mol. The summed E-state index contributed by atoms with van der Waals surface area (Å²) < 4.78 is 58.9. The molecule has 0 aliphatic carbocycles. The van der Waals surface area contributed by atoms with Gasteiger partial charge in [-0.1, -0.05) is 6.58 Å². The summed E-state index contributed by atoms with van der Waals surface area (Å²) in [5, 5.41) is 2.42. The molecule has 2 aromatic heterocycles. The fourth-order valence-corrected chi connectivity index (χ4v) is 5.69. The molecular weight excluding hydrogens is 459 g/mol. The second kappa shape index (κ2) is 7.91. The van der Waals surface area contributed by atoms with Gasteiger partial charge in [0, 0.05) is 41.1 Å². The van der Waals surface area contributed by atoms with Gasteiger partial charge in [0.25, 0.3) is 10.0 Å². The minimum Gasteiger partial charge on any atom is -0.489 e. The van der Waals surface area contributed by atoms with Crippen LogP contribution in [0.3, 0.4) is 0 Å². The van der Waals surface area contributed by atoms with Crippen molar-refractivity contribution in [2.75, 3.05) is 48.7 Å². The van der Waals surface area contributed by atoms with Crippen LogP contribution < -0.4 is 19.4 Å². The smallest absolute Gasteiger partial charge is 0.257 e. The number of rotatable bonds is 4. The summed E-state index contributed by atoms with van der Waals surface area (Å²) in [6.07, 6.45) is 0. The Morgan fingerprint density at radius 2 is 1.91 bits per heavy atom. The zero-order chi connectivity index (χ0) is 22.5. The molecule has 0 saturated carbocycles. The van der Waals surface area contributed by atoms with E-state index in [0.717, 1.165) is 21.1 Å². The highest BCUT2D eigenvalue weighted by Gasteiger charge is 2.32. The SMILES string of the molecule is C=CS(=O)(=O)N1CCOc2ccc(-c3csc4c(=O)cc(N5CCOCC5)oc34)c(F)c21. The average molecular weight is 479 g/mol. The first-order valence-electron chi connectivity index (χ1n) is 9.89. The summed E-state index contributed by atoms with van der Waals surface area (Å²) in [5.41, 5.74) is 0.352. The zero-order valence-corrected chi connectivity index (χ0v) is 18.5. The largest absolute Gasteiger partial charge is 0.489 e. The van der Waals surface area contributed by atoms with Crippen molar-refractivity contribution in [2.45, 2.75) is 0 Å². The summed E-state index contributed by atoms with van der Waals surface area (Å²) >= 11 is 1.15. The van der Waals surface area contributed by atoms with E-state index in [-0.39, 0.29) is 41.2 Å². The van der Waals surface area contributed by atoms with Gasteiger partial charge in [0.2, 0.25) is 5.43 Å². The Hall–Kier alpha value is -2.89. The highest BCUT2D eigenvalue weighted by molar-refractivity contribution is 7.95. The first-order chi connectivity index (χ1) is 15.4. The molecule has 0 atom stereocenters. The van der Waals surface area contributed by atoms with E-state index in [1.54, 1.807) is 5.38 Å². The van der Waals surface area contributed by atoms with E-state index in [9.17, 15) is 13.2 Å². The quantitative estimate of drug-likeness (QED) is 0.569. The normalized spacial score (nSPS) is 16.7. The van der Waals surface area contributed by atoms with E-state index in [4.69, 9.17) is 13.9 Å². The third-order valence-electron chi connectivity index (χ3n) is 5.44. The van der Waals surface area contributed by atoms with Gasteiger partial charge in [-0.05, 0) is 12.1 Å². The molecule has 3 aromatic rings. The van der Waals surface area contributed by atoms with Gasteiger partial charge in [-0.3, -0.25) is 9.10 Å². The van der Waals surface area contributed by atoms with Crippen molar-refractivity contribution in [3.05, 3.63) is 51.6 Å². The van der Waals surface area contributed by atoms with Gasteiger partial charge >= 0.3 is 0 Å². The molecule has 11 heteroatoms. The van der Waals surface area contributed by atoms with Crippen LogP contribution in [-0.2, 0) is 14.8 Å². The number of sulfonamides is 1. The fourth-order valence-electron chi connectivity index (χ4n) is 3.85. The van der Waals surface area contributed by atoms with E-state index in [2.05, 4.69) is 6.58 Å². The zero-order valence-electron chi connectivity index (χ0n) is 16.9. The molecule has 0 radical (unpaired) electrons. The Kier molecular flexibility index (Phi) is 5.19. The van der Waals surface area contributed by atoms with E-state index in [1.807, 2.05) is 4.90 Å². The second-order valence-corrected chi connectivity index (χ2v) is 9.95. The van der Waals surface area contributed by atoms with Crippen LogP contribution in [0.25, 0.3) is 21.4 Å². The van der Waals surface area contributed by atoms with Crippen LogP contribution >= 0.6 is 11.3 Å². The first-order valence-corrected chi connectivity index (χ1v) is 12.3. The average Bonchev–Trinajstić information content (AvgIpc) is 3.24. The molecule has 1 fully saturated rings. The van der Waals surface area contributed by atoms with Gasteiger partial charge in [-0.25, -0.2) is 12.8 Å². The summed E-state index contributed by atoms with van der Waals surface area (Å²) in [6.45, 7) is 5.58. The van der Waals surface area contributed by atoms with Crippen LogP contribution in [0.4, 0.5) is 16.0 Å². The molecule has 0 bridgehead atoms. The number of ether oxygens (including phenoxy) is 2. The van der Waals surface area contributed by atoms with Crippen molar-refractivity contribution in [3.63, 3.8) is 0 Å². The van der Waals surface area contributed by atoms with E-state index >= 15 is 4.39 Å². The van der Waals surface area contributed by atoms with Crippen LogP contribution in [0, 0.1) is 5.82 Å². The third kappa shape index (κ3) is 3.37. The molecule has 2 aliphatic heterocycles. The Morgan fingerprint density at radius 3 is 2.66 bits per heavy atom. The second-order valence-electron chi connectivity index (χ2n) is 7.26. The summed E-state index contributed by atoms with van der Waals surface area (Å²) in [5.74, 6) is -0.257. The Balaban J connectivity index is 1.68. The maximum Gasteiger partial charge on any atom is 0.257 e. The van der Waals surface area contributed by atoms with Gasteiger partial charge < -0.3 is 18.8 Å². The van der Waals surface area contributed by atoms with Crippen molar-refractivity contribution in [1.29, 1.82) is 0 Å². The molecule has 0 amide bonds. The molecule has 2 aliphatic rings. The van der Waals surface area contributed by atoms with Crippen molar-refractivity contribution in [3.8, 4) is 16.9 Å². The lowest BCUT2D eigenvalue weighted by Crippen LogP contribution is -2.37. The Bertz CT molecular complexity index is 1370. The topological polar surface area (TPSA) is 89.3 Å². The molecule has 8 nitrogen and oxygen atoms in total. The third-order valence-corrected chi connectivity index (χ3v) is 7.82. The molecule has 0 spiro atoms. The van der Waals surface area contributed by atoms with Crippen LogP contribution in [-0.4, -0.2) is 47.9 Å². The lowest BCUT2D eigenvalue weighted by molar-refractivity contribution is 0.121. The van der Waals surface area contributed by atoms with E-state index < -0.39 is 15.8 Å². The fraction of sp³-hybridized carbons (Fsp3) is 0.286. The van der Waals surface area contributed by atoms with Gasteiger partial charge in [0.05, 0.1) is 19.8 Å². The standard InChI is InChI=1S/C21H19FN2O6S2/c1-2-32(26,27)24-7-10-29-16-4-3-13(18(22)19(16)24)14-12-31-21-15(25)11-17(30-20(14)21)23-5-8-28-9-6-23/h2-4,11-12H,1,5-10H2. The lowest BCUT2D eigenvalue weighted by atomic mass is 10.1. The number of halogens is 1. The highest BCUT2D eigenvalue weighted by Crippen LogP contribution is 2.43. The predicted octanol–water partition coefficient (Wildman–Crippen LogP) is 3.17. The molecule has 5 rings (SSSR count). The molecule has 1 saturated heterocycles. The number of anilines is 2. The lowest BCUT2D eigenvalue weighted by Gasteiger charge is -2.30. The minimum absolute atomic E-state index is 0.0393. The molecule has 4 heterocycles. The molecule has 32 heavy (non-hydrogen) atoms. The molecule has 1 aromatic carbocycles. The number of fused-ring (bicyclic) bond motifs is 2. The maximum absolute atomic E-state index is 15.8. The van der Waals surface area contributed by atoms with Gasteiger partial charge in [-0.15, -0.1) is 11.3 Å². The first kappa shape index (κ1) is 21.0.